The van der Waals surface area contributed by atoms with E-state index in [1.165, 1.54) is 24.3 Å². The first kappa shape index (κ1) is 21.5. The number of morpholine rings is 1. The summed E-state index contributed by atoms with van der Waals surface area (Å²) in [5.41, 5.74) is 1.05. The maximum absolute atomic E-state index is 12.3. The van der Waals surface area contributed by atoms with E-state index >= 15 is 0 Å². The van der Waals surface area contributed by atoms with E-state index in [1.54, 1.807) is 7.11 Å². The number of nitrogens with one attached hydrogen (secondary N) is 1. The highest BCUT2D eigenvalue weighted by Crippen LogP contribution is 2.24. The number of carbonyl (C=O) groups is 1. The normalized spacial score (nSPS) is 15.2. The first-order valence-electron chi connectivity index (χ1n) is 9.66. The van der Waals surface area contributed by atoms with Crippen LogP contribution in [0.15, 0.2) is 48.5 Å². The molecule has 160 valence electrons. The molecule has 1 amide bonds. The van der Waals surface area contributed by atoms with Gasteiger partial charge in [-0.25, -0.2) is 0 Å². The summed E-state index contributed by atoms with van der Waals surface area (Å²) in [4.78, 5) is 24.8. The summed E-state index contributed by atoms with van der Waals surface area (Å²) in [6, 6.07) is 13.4. The lowest BCUT2D eigenvalue weighted by atomic mass is 10.0. The molecule has 0 unspecified atom stereocenters. The Morgan fingerprint density at radius 1 is 1.13 bits per heavy atom. The highest BCUT2D eigenvalue weighted by Gasteiger charge is 2.23. The molecule has 0 aliphatic carbocycles. The van der Waals surface area contributed by atoms with Crippen LogP contribution in [0, 0.1) is 10.1 Å². The minimum absolute atomic E-state index is 0.00290. The van der Waals surface area contributed by atoms with Crippen molar-refractivity contribution in [3.8, 4) is 11.5 Å². The summed E-state index contributed by atoms with van der Waals surface area (Å²) in [6.07, 6.45) is 0. The highest BCUT2D eigenvalue weighted by molar-refractivity contribution is 5.77. The van der Waals surface area contributed by atoms with Gasteiger partial charge < -0.3 is 19.5 Å². The molecule has 3 rings (SSSR count). The maximum Gasteiger partial charge on any atom is 0.269 e. The van der Waals surface area contributed by atoms with Crippen molar-refractivity contribution in [3.05, 3.63) is 64.2 Å². The first-order valence-corrected chi connectivity index (χ1v) is 9.66. The van der Waals surface area contributed by atoms with Crippen molar-refractivity contribution < 1.29 is 23.9 Å². The number of nitrogens with zero attached hydrogens (tertiary/aromatic N) is 2. The maximum atomic E-state index is 12.3. The molecule has 30 heavy (non-hydrogen) atoms. The molecule has 0 aromatic heterocycles. The number of hydrogen-bond donors (Lipinski definition) is 1. The predicted molar refractivity (Wildman–Crippen MR) is 110 cm³/mol. The van der Waals surface area contributed by atoms with E-state index in [2.05, 4.69) is 10.2 Å². The number of non-ortho nitro benzene ring substituents is 1. The van der Waals surface area contributed by atoms with Gasteiger partial charge in [-0.1, -0.05) is 12.1 Å². The second kappa shape index (κ2) is 10.6. The van der Waals surface area contributed by atoms with Crippen molar-refractivity contribution in [2.75, 3.05) is 46.6 Å². The van der Waals surface area contributed by atoms with E-state index in [1.807, 2.05) is 24.3 Å². The Hall–Kier alpha value is -3.17. The number of nitro benzene ring substituents is 1. The summed E-state index contributed by atoms with van der Waals surface area (Å²) < 4.78 is 16.1. The molecule has 1 aliphatic rings. The smallest absolute Gasteiger partial charge is 0.269 e. The van der Waals surface area contributed by atoms with Crippen LogP contribution in [0.1, 0.15) is 11.6 Å². The molecule has 0 spiro atoms. The van der Waals surface area contributed by atoms with Crippen LogP contribution in [0.5, 0.6) is 11.5 Å². The number of benzene rings is 2. The zero-order valence-corrected chi connectivity index (χ0v) is 16.8. The average Bonchev–Trinajstić information content (AvgIpc) is 2.79. The van der Waals surface area contributed by atoms with Gasteiger partial charge in [-0.05, 0) is 29.8 Å². The third-order valence-corrected chi connectivity index (χ3v) is 4.90. The molecule has 1 N–H and O–H groups in total. The van der Waals surface area contributed by atoms with E-state index in [9.17, 15) is 14.9 Å². The van der Waals surface area contributed by atoms with Crippen LogP contribution in [0.25, 0.3) is 0 Å². The van der Waals surface area contributed by atoms with Crippen LogP contribution in [0.2, 0.25) is 0 Å². The Kier molecular flexibility index (Phi) is 7.58. The van der Waals surface area contributed by atoms with Gasteiger partial charge in [-0.2, -0.15) is 0 Å². The van der Waals surface area contributed by atoms with Crippen LogP contribution < -0.4 is 14.8 Å². The van der Waals surface area contributed by atoms with Gasteiger partial charge in [0.2, 0.25) is 0 Å². The molecule has 2 aromatic carbocycles. The minimum Gasteiger partial charge on any atom is -0.497 e. The molecular weight excluding hydrogens is 390 g/mol. The van der Waals surface area contributed by atoms with Crippen LogP contribution >= 0.6 is 0 Å². The van der Waals surface area contributed by atoms with Gasteiger partial charge in [0.25, 0.3) is 11.6 Å². The summed E-state index contributed by atoms with van der Waals surface area (Å²) >= 11 is 0. The van der Waals surface area contributed by atoms with E-state index < -0.39 is 4.92 Å². The van der Waals surface area contributed by atoms with E-state index in [0.29, 0.717) is 25.5 Å². The second-order valence-electron chi connectivity index (χ2n) is 6.78. The summed E-state index contributed by atoms with van der Waals surface area (Å²) in [6.45, 7) is 3.14. The SMILES string of the molecule is COc1ccc([C@@H](CNC(=O)COc2ccc([N+](=O)[O-])cc2)N2CCOCC2)cc1. The van der Waals surface area contributed by atoms with Gasteiger partial charge in [0.05, 0.1) is 31.3 Å². The quantitative estimate of drug-likeness (QED) is 0.494. The van der Waals surface area contributed by atoms with Crippen LogP contribution in [0.4, 0.5) is 5.69 Å². The van der Waals surface area contributed by atoms with Crippen molar-refractivity contribution in [3.63, 3.8) is 0 Å². The fourth-order valence-corrected chi connectivity index (χ4v) is 3.25. The van der Waals surface area contributed by atoms with Crippen LogP contribution in [-0.4, -0.2) is 62.3 Å². The van der Waals surface area contributed by atoms with Crippen molar-refractivity contribution in [1.82, 2.24) is 10.2 Å². The first-order chi connectivity index (χ1) is 14.6. The number of amides is 1. The zero-order valence-electron chi connectivity index (χ0n) is 16.8. The molecule has 1 atom stereocenters. The fraction of sp³-hybridized carbons (Fsp3) is 0.381. The van der Waals surface area contributed by atoms with Gasteiger partial charge in [-0.15, -0.1) is 0 Å². The molecule has 0 radical (unpaired) electrons. The Balaban J connectivity index is 1.57. The van der Waals surface area contributed by atoms with E-state index in [0.717, 1.165) is 24.4 Å². The average molecular weight is 415 g/mol. The second-order valence-corrected chi connectivity index (χ2v) is 6.78. The largest absolute Gasteiger partial charge is 0.497 e. The lowest BCUT2D eigenvalue weighted by Crippen LogP contribution is -2.44. The third-order valence-electron chi connectivity index (χ3n) is 4.90. The van der Waals surface area contributed by atoms with E-state index in [4.69, 9.17) is 14.2 Å². The van der Waals surface area contributed by atoms with Gasteiger partial charge in [0.15, 0.2) is 6.61 Å². The molecule has 2 aromatic rings. The molecule has 1 saturated heterocycles. The number of carbonyl (C=O) groups excluding carboxylic acids is 1. The predicted octanol–water partition coefficient (Wildman–Crippen LogP) is 2.17. The zero-order chi connectivity index (χ0) is 21.3. The topological polar surface area (TPSA) is 103 Å². The minimum atomic E-state index is -0.485. The van der Waals surface area contributed by atoms with Crippen LogP contribution in [-0.2, 0) is 9.53 Å². The number of ether oxygens (including phenoxy) is 3. The van der Waals surface area contributed by atoms with Crippen molar-refractivity contribution in [2.24, 2.45) is 0 Å². The van der Waals surface area contributed by atoms with Gasteiger partial charge >= 0.3 is 0 Å². The van der Waals surface area contributed by atoms with Gasteiger partial charge in [-0.3, -0.25) is 19.8 Å². The molecule has 1 fully saturated rings. The Bertz CT molecular complexity index is 835. The number of nitro groups is 1. The third kappa shape index (κ3) is 5.91. The van der Waals surface area contributed by atoms with Crippen LogP contribution in [0.3, 0.4) is 0 Å². The Morgan fingerprint density at radius 2 is 1.77 bits per heavy atom. The lowest BCUT2D eigenvalue weighted by Gasteiger charge is -2.35. The molecule has 9 nitrogen and oxygen atoms in total. The summed E-state index contributed by atoms with van der Waals surface area (Å²) in [7, 11) is 1.62. The standard InChI is InChI=1S/C21H25N3O6/c1-28-18-6-2-16(3-7-18)20(23-10-12-29-13-11-23)14-22-21(25)15-30-19-8-4-17(5-9-19)24(26)27/h2-9,20H,10-15H2,1H3,(H,22,25)/t20-/m1/s1. The summed E-state index contributed by atoms with van der Waals surface area (Å²) in [5.74, 6) is 0.913. The lowest BCUT2D eigenvalue weighted by molar-refractivity contribution is -0.384. The van der Waals surface area contributed by atoms with Gasteiger partial charge in [0.1, 0.15) is 11.5 Å². The molecule has 1 aliphatic heterocycles. The number of methoxy groups -OCH3 is 1. The molecule has 0 bridgehead atoms. The molecule has 9 heteroatoms. The van der Waals surface area contributed by atoms with Gasteiger partial charge in [0, 0.05) is 31.8 Å². The summed E-state index contributed by atoms with van der Waals surface area (Å²) in [5, 5.41) is 13.6. The molecular formula is C21H25N3O6. The Morgan fingerprint density at radius 3 is 2.37 bits per heavy atom. The fourth-order valence-electron chi connectivity index (χ4n) is 3.25. The molecule has 1 heterocycles. The van der Waals surface area contributed by atoms with E-state index in [-0.39, 0.29) is 24.2 Å². The molecule has 0 saturated carbocycles. The monoisotopic (exact) mass is 415 g/mol. The number of rotatable bonds is 9. The highest BCUT2D eigenvalue weighted by atomic mass is 16.6. The Labute approximate surface area is 174 Å². The number of hydrogen-bond acceptors (Lipinski definition) is 7. The van der Waals surface area contributed by atoms with Crippen molar-refractivity contribution in [2.45, 2.75) is 6.04 Å². The van der Waals surface area contributed by atoms with Crippen molar-refractivity contribution >= 4 is 11.6 Å². The van der Waals surface area contributed by atoms with Crippen molar-refractivity contribution in [1.29, 1.82) is 0 Å².